The number of aromatic nitrogens is 4. The van der Waals surface area contributed by atoms with Gasteiger partial charge in [-0.1, -0.05) is 16.4 Å². The van der Waals surface area contributed by atoms with Crippen molar-refractivity contribution in [3.05, 3.63) is 48.4 Å². The van der Waals surface area contributed by atoms with Gasteiger partial charge in [-0.15, -0.1) is 5.46 Å². The van der Waals surface area contributed by atoms with Crippen LogP contribution in [0.15, 0.2) is 37.1 Å². The molecule has 1 amide bonds. The van der Waals surface area contributed by atoms with E-state index in [-0.39, 0.29) is 5.56 Å². The Kier molecular flexibility index (Phi) is 4.97. The van der Waals surface area contributed by atoms with Gasteiger partial charge in [0.05, 0.1) is 35.5 Å². The minimum atomic E-state index is -0.515. The van der Waals surface area contributed by atoms with Crippen LogP contribution in [0.3, 0.4) is 0 Å². The summed E-state index contributed by atoms with van der Waals surface area (Å²) in [6, 6.07) is 3.70. The second-order valence-corrected chi connectivity index (χ2v) is 7.52. The number of carbonyl (C=O) groups is 1. The molecule has 0 spiro atoms. The molecule has 4 rings (SSSR count). The highest BCUT2D eigenvalue weighted by Gasteiger charge is 2.20. The first-order valence-electron chi connectivity index (χ1n) is 9.57. The number of anilines is 1. The van der Waals surface area contributed by atoms with Crippen LogP contribution in [0.1, 0.15) is 10.4 Å². The SMILES string of the molecule is Bc1c(B)c(B)c(C(=O)Nc2cc3cc(-c4cncn4C)cnc3cn2)c(F)c1B. The number of amides is 1. The Morgan fingerprint density at radius 1 is 1.00 bits per heavy atom. The van der Waals surface area contributed by atoms with Crippen LogP contribution in [0.25, 0.3) is 22.2 Å². The summed E-state index contributed by atoms with van der Waals surface area (Å²) in [6.07, 6.45) is 6.84. The molecular weight excluding hydrogens is 376 g/mol. The summed E-state index contributed by atoms with van der Waals surface area (Å²) in [5.74, 6) is -0.668. The first-order valence-corrected chi connectivity index (χ1v) is 9.57. The Morgan fingerprint density at radius 2 is 1.73 bits per heavy atom. The summed E-state index contributed by atoms with van der Waals surface area (Å²) in [5.41, 5.74) is 5.47. The lowest BCUT2D eigenvalue weighted by Gasteiger charge is -2.16. The predicted octanol–water partition coefficient (Wildman–Crippen LogP) is -3.54. The third-order valence-corrected chi connectivity index (χ3v) is 5.76. The molecule has 0 bridgehead atoms. The molecule has 0 fully saturated rings. The smallest absolute Gasteiger partial charge is 0.259 e. The average molecular weight is 395 g/mol. The Morgan fingerprint density at radius 3 is 2.43 bits per heavy atom. The number of benzene rings is 1. The van der Waals surface area contributed by atoms with E-state index in [4.69, 9.17) is 0 Å². The number of fused-ring (bicyclic) bond motifs is 1. The molecule has 0 aliphatic carbocycles. The van der Waals surface area contributed by atoms with E-state index in [1.165, 1.54) is 0 Å². The number of hydrogen-bond acceptors (Lipinski definition) is 4. The number of carbonyl (C=O) groups excluding carboxylic acids is 1. The van der Waals surface area contributed by atoms with Gasteiger partial charge in [0, 0.05) is 24.2 Å². The Bertz CT molecular complexity index is 1300. The number of rotatable bonds is 3. The summed E-state index contributed by atoms with van der Waals surface area (Å²) >= 11 is 0. The summed E-state index contributed by atoms with van der Waals surface area (Å²) in [5, 5.41) is 3.55. The summed E-state index contributed by atoms with van der Waals surface area (Å²) in [7, 11) is 9.12. The van der Waals surface area contributed by atoms with E-state index in [0.29, 0.717) is 22.3 Å². The lowest BCUT2D eigenvalue weighted by molar-refractivity contribution is 0.102. The molecule has 1 N–H and O–H groups in total. The van der Waals surface area contributed by atoms with Crippen LogP contribution in [-0.2, 0) is 7.05 Å². The van der Waals surface area contributed by atoms with Crippen LogP contribution < -0.4 is 27.2 Å². The van der Waals surface area contributed by atoms with Gasteiger partial charge in [0.15, 0.2) is 0 Å². The zero-order chi connectivity index (χ0) is 21.6. The van der Waals surface area contributed by atoms with E-state index in [0.717, 1.165) is 27.6 Å². The Labute approximate surface area is 177 Å². The molecule has 0 unspecified atom stereocenters. The summed E-state index contributed by atoms with van der Waals surface area (Å²) < 4.78 is 16.8. The topological polar surface area (TPSA) is 72.7 Å². The largest absolute Gasteiger partial charge is 0.334 e. The van der Waals surface area contributed by atoms with Crippen LogP contribution in [0.2, 0.25) is 0 Å². The number of aryl methyl sites for hydroxylation is 1. The molecule has 4 aromatic rings. The molecular formula is C19H18B4FN5O. The van der Waals surface area contributed by atoms with Crippen LogP contribution >= 0.6 is 0 Å². The van der Waals surface area contributed by atoms with Crippen molar-refractivity contribution >= 4 is 75.9 Å². The second-order valence-electron chi connectivity index (χ2n) is 7.52. The molecule has 0 atom stereocenters. The van der Waals surface area contributed by atoms with E-state index in [1.54, 1.807) is 46.7 Å². The highest BCUT2D eigenvalue weighted by Crippen LogP contribution is 2.23. The number of pyridine rings is 2. The van der Waals surface area contributed by atoms with Crippen molar-refractivity contribution in [1.29, 1.82) is 0 Å². The molecule has 0 saturated heterocycles. The van der Waals surface area contributed by atoms with Crippen molar-refractivity contribution in [2.75, 3.05) is 5.32 Å². The monoisotopic (exact) mass is 395 g/mol. The maximum atomic E-state index is 14.9. The number of halogens is 1. The van der Waals surface area contributed by atoms with Crippen LogP contribution in [0.4, 0.5) is 10.2 Å². The molecule has 6 nitrogen and oxygen atoms in total. The van der Waals surface area contributed by atoms with Gasteiger partial charge in [0.2, 0.25) is 0 Å². The minimum Gasteiger partial charge on any atom is -0.334 e. The first-order chi connectivity index (χ1) is 14.3. The van der Waals surface area contributed by atoms with Gasteiger partial charge in [-0.05, 0) is 12.1 Å². The quantitative estimate of drug-likeness (QED) is 0.365. The number of imidazole rings is 1. The molecule has 0 aliphatic heterocycles. The van der Waals surface area contributed by atoms with Crippen molar-refractivity contribution < 1.29 is 9.18 Å². The summed E-state index contributed by atoms with van der Waals surface area (Å²) in [6.45, 7) is 0. The van der Waals surface area contributed by atoms with E-state index < -0.39 is 11.7 Å². The normalized spacial score (nSPS) is 11.0. The Balaban J connectivity index is 1.71. The van der Waals surface area contributed by atoms with Gasteiger partial charge >= 0.3 is 0 Å². The molecule has 30 heavy (non-hydrogen) atoms. The molecule has 0 aliphatic rings. The van der Waals surface area contributed by atoms with E-state index >= 15 is 0 Å². The molecule has 0 saturated carbocycles. The predicted molar refractivity (Wildman–Crippen MR) is 129 cm³/mol. The fraction of sp³-hybridized carbons (Fsp3) is 0.0526. The number of nitrogens with zero attached hydrogens (tertiary/aromatic N) is 4. The molecule has 3 heterocycles. The first kappa shape index (κ1) is 19.9. The fourth-order valence-corrected chi connectivity index (χ4v) is 3.59. The van der Waals surface area contributed by atoms with Gasteiger partial charge in [-0.2, -0.15) is 0 Å². The highest BCUT2D eigenvalue weighted by atomic mass is 19.1. The zero-order valence-corrected chi connectivity index (χ0v) is 17.5. The number of hydrogen-bond donors (Lipinski definition) is 1. The van der Waals surface area contributed by atoms with Crippen LogP contribution in [0.5, 0.6) is 0 Å². The minimum absolute atomic E-state index is 0.0549. The van der Waals surface area contributed by atoms with Crippen molar-refractivity contribution in [2.24, 2.45) is 7.05 Å². The van der Waals surface area contributed by atoms with Gasteiger partial charge in [0.25, 0.3) is 5.91 Å². The number of nitrogens with one attached hydrogen (secondary N) is 1. The van der Waals surface area contributed by atoms with E-state index in [2.05, 4.69) is 20.3 Å². The van der Waals surface area contributed by atoms with Crippen molar-refractivity contribution in [2.45, 2.75) is 0 Å². The fourth-order valence-electron chi connectivity index (χ4n) is 3.59. The Hall–Kier alpha value is -3.35. The van der Waals surface area contributed by atoms with Gasteiger partial charge in [-0.3, -0.25) is 9.78 Å². The maximum Gasteiger partial charge on any atom is 0.259 e. The average Bonchev–Trinajstić information content (AvgIpc) is 3.16. The highest BCUT2D eigenvalue weighted by molar-refractivity contribution is 6.63. The van der Waals surface area contributed by atoms with Gasteiger partial charge < -0.3 is 9.88 Å². The van der Waals surface area contributed by atoms with Gasteiger partial charge in [-0.25, -0.2) is 14.4 Å². The van der Waals surface area contributed by atoms with E-state index in [1.807, 2.05) is 33.4 Å². The molecule has 144 valence electrons. The lowest BCUT2D eigenvalue weighted by Crippen LogP contribution is -2.52. The maximum absolute atomic E-state index is 14.9. The van der Waals surface area contributed by atoms with Crippen LogP contribution in [-0.4, -0.2) is 56.8 Å². The van der Waals surface area contributed by atoms with Crippen molar-refractivity contribution in [3.63, 3.8) is 0 Å². The third-order valence-electron chi connectivity index (χ3n) is 5.76. The third kappa shape index (κ3) is 3.30. The molecule has 0 radical (unpaired) electrons. The molecule has 3 aromatic heterocycles. The zero-order valence-electron chi connectivity index (χ0n) is 17.5. The van der Waals surface area contributed by atoms with Crippen molar-refractivity contribution in [3.8, 4) is 11.3 Å². The lowest BCUT2D eigenvalue weighted by atomic mass is 9.65. The standard InChI is InChI=1S/C19H18B4FN5O/c1-29-7-25-6-11(29)9-2-8-3-12(27-5-10(8)26-4-9)28-19(30)13-14(20)15(21)16(22)17(23)18(13)24/h2-7H,20-23H2,1H3,(H,27,28,30). The summed E-state index contributed by atoms with van der Waals surface area (Å²) in [4.78, 5) is 25.7. The van der Waals surface area contributed by atoms with E-state index in [9.17, 15) is 9.18 Å². The molecule has 11 heteroatoms. The van der Waals surface area contributed by atoms with Crippen LogP contribution in [0, 0.1) is 5.82 Å². The van der Waals surface area contributed by atoms with Gasteiger partial charge in [0.1, 0.15) is 43.0 Å². The second kappa shape index (κ2) is 7.48. The molecule has 1 aromatic carbocycles. The van der Waals surface area contributed by atoms with Crippen molar-refractivity contribution in [1.82, 2.24) is 19.5 Å².